The number of carbonyl (C=O) groups excluding carboxylic acids is 2. The average molecular weight is 326 g/mol. The predicted octanol–water partition coefficient (Wildman–Crippen LogP) is 1.42. The summed E-state index contributed by atoms with van der Waals surface area (Å²) >= 11 is 0. The van der Waals surface area contributed by atoms with Crippen molar-refractivity contribution in [2.24, 2.45) is 5.73 Å². The molecule has 0 saturated heterocycles. The molecule has 0 bridgehead atoms. The normalized spacial score (nSPS) is 14.9. The van der Waals surface area contributed by atoms with Crippen LogP contribution in [-0.4, -0.2) is 21.6 Å². The highest BCUT2D eigenvalue weighted by Crippen LogP contribution is 2.38. The topological polar surface area (TPSA) is 107 Å². The van der Waals surface area contributed by atoms with Crippen LogP contribution in [0.1, 0.15) is 47.8 Å². The summed E-state index contributed by atoms with van der Waals surface area (Å²) < 4.78 is 1.18. The van der Waals surface area contributed by atoms with Crippen LogP contribution in [0.3, 0.4) is 0 Å². The van der Waals surface area contributed by atoms with E-state index in [1.807, 2.05) is 0 Å². The van der Waals surface area contributed by atoms with Crippen molar-refractivity contribution in [2.75, 3.05) is 5.32 Å². The van der Waals surface area contributed by atoms with E-state index in [1.54, 1.807) is 31.2 Å². The van der Waals surface area contributed by atoms with E-state index in [-0.39, 0.29) is 11.1 Å². The molecule has 1 aromatic carbocycles. The maximum absolute atomic E-state index is 12.5. The Morgan fingerprint density at radius 2 is 1.96 bits per heavy atom. The molecule has 1 aromatic heterocycles. The van der Waals surface area contributed by atoms with Crippen molar-refractivity contribution in [3.63, 3.8) is 0 Å². The molecule has 3 rings (SSSR count). The van der Waals surface area contributed by atoms with Gasteiger partial charge in [-0.3, -0.25) is 14.4 Å². The molecule has 124 valence electrons. The minimum Gasteiger partial charge on any atom is -0.366 e. The molecular weight excluding hydrogens is 308 g/mol. The highest BCUT2D eigenvalue weighted by Gasteiger charge is 2.27. The van der Waals surface area contributed by atoms with Crippen LogP contribution >= 0.6 is 0 Å². The van der Waals surface area contributed by atoms with Crippen molar-refractivity contribution in [3.8, 4) is 0 Å². The maximum atomic E-state index is 12.5. The van der Waals surface area contributed by atoms with Gasteiger partial charge in [0.15, 0.2) is 0 Å². The fraction of sp³-hybridized carbons (Fsp3) is 0.294. The molecule has 24 heavy (non-hydrogen) atoms. The molecule has 1 aliphatic carbocycles. The van der Waals surface area contributed by atoms with Crippen LogP contribution in [0.4, 0.5) is 5.69 Å². The van der Waals surface area contributed by atoms with Gasteiger partial charge in [-0.1, -0.05) is 12.1 Å². The van der Waals surface area contributed by atoms with E-state index in [4.69, 9.17) is 5.73 Å². The van der Waals surface area contributed by atoms with Gasteiger partial charge in [0.25, 0.3) is 11.5 Å². The first-order chi connectivity index (χ1) is 11.5. The molecule has 0 unspecified atom stereocenters. The Hall–Kier alpha value is -2.96. The van der Waals surface area contributed by atoms with Gasteiger partial charge in [-0.2, -0.15) is 5.10 Å². The number of carbonyl (C=O) groups is 2. The Morgan fingerprint density at radius 1 is 1.25 bits per heavy atom. The summed E-state index contributed by atoms with van der Waals surface area (Å²) in [5, 5.41) is 6.95. The van der Waals surface area contributed by atoms with Crippen LogP contribution in [0.2, 0.25) is 0 Å². The summed E-state index contributed by atoms with van der Waals surface area (Å²) in [4.78, 5) is 35.9. The second-order valence-electron chi connectivity index (χ2n) is 5.89. The third-order valence-electron chi connectivity index (χ3n) is 4.04. The zero-order valence-electron chi connectivity index (χ0n) is 13.2. The van der Waals surface area contributed by atoms with Crippen molar-refractivity contribution >= 4 is 17.5 Å². The second kappa shape index (κ2) is 6.27. The Bertz CT molecular complexity index is 855. The standard InChI is InChI=1S/C17H18N4O3/c1-10(21-15(22)9-8-13(20-21)11-6-7-11)17(24)19-14-5-3-2-4-12(14)16(18)23/h2-5,8-11H,6-7H2,1H3,(H2,18,23)(H,19,24)/t10-/m0/s1. The van der Waals surface area contributed by atoms with E-state index < -0.39 is 17.9 Å². The number of nitrogens with one attached hydrogen (secondary N) is 1. The van der Waals surface area contributed by atoms with Crippen LogP contribution < -0.4 is 16.6 Å². The number of aromatic nitrogens is 2. The molecule has 1 fully saturated rings. The number of nitrogens with two attached hydrogens (primary N) is 1. The minimum absolute atomic E-state index is 0.213. The van der Waals surface area contributed by atoms with E-state index in [1.165, 1.54) is 16.8 Å². The van der Waals surface area contributed by atoms with Crippen molar-refractivity contribution in [3.05, 3.63) is 58.0 Å². The van der Waals surface area contributed by atoms with Crippen molar-refractivity contribution in [2.45, 2.75) is 31.7 Å². The molecule has 0 spiro atoms. The smallest absolute Gasteiger partial charge is 0.267 e. The lowest BCUT2D eigenvalue weighted by Gasteiger charge is -2.16. The summed E-state index contributed by atoms with van der Waals surface area (Å²) in [5.41, 5.74) is 6.31. The molecular formula is C17H18N4O3. The molecule has 1 atom stereocenters. The Balaban J connectivity index is 1.84. The zero-order chi connectivity index (χ0) is 17.3. The number of para-hydroxylation sites is 1. The van der Waals surface area contributed by atoms with Crippen molar-refractivity contribution in [1.82, 2.24) is 9.78 Å². The molecule has 1 saturated carbocycles. The number of nitrogens with zero attached hydrogens (tertiary/aromatic N) is 2. The van der Waals surface area contributed by atoms with Gasteiger partial charge in [-0.25, -0.2) is 4.68 Å². The average Bonchev–Trinajstić information content (AvgIpc) is 3.40. The number of primary amides is 1. The first-order valence-corrected chi connectivity index (χ1v) is 7.77. The quantitative estimate of drug-likeness (QED) is 0.866. The van der Waals surface area contributed by atoms with E-state index in [0.717, 1.165) is 18.5 Å². The molecule has 3 N–H and O–H groups in total. The molecule has 2 amide bonds. The monoisotopic (exact) mass is 326 g/mol. The summed E-state index contributed by atoms with van der Waals surface area (Å²) in [5.74, 6) is -0.696. The first-order valence-electron chi connectivity index (χ1n) is 7.77. The molecule has 1 aliphatic rings. The number of hydrogen-bond acceptors (Lipinski definition) is 4. The van der Waals surface area contributed by atoms with Crippen molar-refractivity contribution < 1.29 is 9.59 Å². The van der Waals surface area contributed by atoms with Crippen LogP contribution in [0.5, 0.6) is 0 Å². The van der Waals surface area contributed by atoms with Gasteiger partial charge in [0.05, 0.1) is 16.9 Å². The molecule has 1 heterocycles. The third-order valence-corrected chi connectivity index (χ3v) is 4.04. The van der Waals surface area contributed by atoms with E-state index >= 15 is 0 Å². The number of hydrogen-bond donors (Lipinski definition) is 2. The van der Waals surface area contributed by atoms with E-state index in [2.05, 4.69) is 10.4 Å². The van der Waals surface area contributed by atoms with E-state index in [0.29, 0.717) is 11.6 Å². The SMILES string of the molecule is C[C@@H](C(=O)Nc1ccccc1C(N)=O)n1nc(C2CC2)ccc1=O. The van der Waals surface area contributed by atoms with Crippen LogP contribution in [0.25, 0.3) is 0 Å². The van der Waals surface area contributed by atoms with Gasteiger partial charge in [-0.15, -0.1) is 0 Å². The summed E-state index contributed by atoms with van der Waals surface area (Å²) in [7, 11) is 0. The number of anilines is 1. The Kier molecular flexibility index (Phi) is 4.16. The molecule has 0 radical (unpaired) electrons. The minimum atomic E-state index is -0.808. The predicted molar refractivity (Wildman–Crippen MR) is 88.8 cm³/mol. The van der Waals surface area contributed by atoms with Gasteiger partial charge in [0, 0.05) is 12.0 Å². The third kappa shape index (κ3) is 3.19. The molecule has 2 aromatic rings. The fourth-order valence-corrected chi connectivity index (χ4v) is 2.47. The number of amides is 2. The summed E-state index contributed by atoms with van der Waals surface area (Å²) in [6.45, 7) is 1.59. The first kappa shape index (κ1) is 15.9. The fourth-order valence-electron chi connectivity index (χ4n) is 2.47. The maximum Gasteiger partial charge on any atom is 0.267 e. The lowest BCUT2D eigenvalue weighted by molar-refractivity contribution is -0.119. The van der Waals surface area contributed by atoms with Gasteiger partial charge in [0.1, 0.15) is 6.04 Å². The van der Waals surface area contributed by atoms with Gasteiger partial charge in [-0.05, 0) is 38.0 Å². The molecule has 7 nitrogen and oxygen atoms in total. The number of rotatable bonds is 5. The summed E-state index contributed by atoms with van der Waals surface area (Å²) in [6, 6.07) is 8.79. The lowest BCUT2D eigenvalue weighted by atomic mass is 10.1. The Labute approximate surface area is 138 Å². The summed E-state index contributed by atoms with van der Waals surface area (Å²) in [6.07, 6.45) is 2.11. The van der Waals surface area contributed by atoms with Crippen molar-refractivity contribution in [1.29, 1.82) is 0 Å². The highest BCUT2D eigenvalue weighted by atomic mass is 16.2. The van der Waals surface area contributed by atoms with Crippen LogP contribution in [-0.2, 0) is 4.79 Å². The highest BCUT2D eigenvalue weighted by molar-refractivity contribution is 6.03. The van der Waals surface area contributed by atoms with E-state index in [9.17, 15) is 14.4 Å². The molecule has 0 aliphatic heterocycles. The number of benzene rings is 1. The second-order valence-corrected chi connectivity index (χ2v) is 5.89. The van der Waals surface area contributed by atoms with Gasteiger partial charge < -0.3 is 11.1 Å². The van der Waals surface area contributed by atoms with Gasteiger partial charge in [0.2, 0.25) is 5.91 Å². The largest absolute Gasteiger partial charge is 0.366 e. The zero-order valence-corrected chi connectivity index (χ0v) is 13.2. The lowest BCUT2D eigenvalue weighted by Crippen LogP contribution is -2.34. The molecule has 7 heteroatoms. The van der Waals surface area contributed by atoms with Crippen LogP contribution in [0, 0.1) is 0 Å². The van der Waals surface area contributed by atoms with Gasteiger partial charge >= 0.3 is 0 Å². The Morgan fingerprint density at radius 3 is 2.62 bits per heavy atom. The van der Waals surface area contributed by atoms with Crippen LogP contribution in [0.15, 0.2) is 41.2 Å².